The Bertz CT molecular complexity index is 1050. The number of allylic oxidation sites excluding steroid dienone is 1. The van der Waals surface area contributed by atoms with E-state index in [1.807, 2.05) is 0 Å². The standard InChI is InChI=1S/C26H35N5O6/c1-16(2)20(28-25(36)37-17(3)4)22(33)31-15-8-12-19(31)21(32)30-26(13-9-14-26)23(34)29-24(35)27-18-10-6-5-7-11-18/h5-7,10-11,16,19-20H,3,8-9,12-15H2,1-2,4H3,(H,28,36)(H,30,32)(H2,27,29,34,35)/t19-,20-/m0/s1. The first-order valence-corrected chi connectivity index (χ1v) is 12.5. The van der Waals surface area contributed by atoms with Crippen LogP contribution in [0.5, 0.6) is 0 Å². The number of carbonyl (C=O) groups excluding carboxylic acids is 5. The Morgan fingerprint density at radius 2 is 1.76 bits per heavy atom. The van der Waals surface area contributed by atoms with Crippen LogP contribution in [0.3, 0.4) is 0 Å². The monoisotopic (exact) mass is 513 g/mol. The number of likely N-dealkylation sites (tertiary alicyclic amines) is 1. The van der Waals surface area contributed by atoms with Gasteiger partial charge in [-0.25, -0.2) is 9.59 Å². The van der Waals surface area contributed by atoms with E-state index < -0.39 is 47.5 Å². The van der Waals surface area contributed by atoms with Crippen molar-refractivity contribution in [1.29, 1.82) is 0 Å². The van der Waals surface area contributed by atoms with Crippen LogP contribution in [0.2, 0.25) is 0 Å². The summed E-state index contributed by atoms with van der Waals surface area (Å²) in [5, 5.41) is 10.3. The lowest BCUT2D eigenvalue weighted by Crippen LogP contribution is -2.66. The van der Waals surface area contributed by atoms with Gasteiger partial charge in [0.1, 0.15) is 17.6 Å². The molecule has 37 heavy (non-hydrogen) atoms. The molecule has 0 spiro atoms. The van der Waals surface area contributed by atoms with Crippen LogP contribution in [0.25, 0.3) is 0 Å². The molecule has 1 heterocycles. The zero-order chi connectivity index (χ0) is 27.2. The van der Waals surface area contributed by atoms with E-state index in [2.05, 4.69) is 27.8 Å². The largest absolute Gasteiger partial charge is 0.416 e. The Labute approximate surface area is 216 Å². The fourth-order valence-electron chi connectivity index (χ4n) is 4.47. The summed E-state index contributed by atoms with van der Waals surface area (Å²) < 4.78 is 4.93. The predicted octanol–water partition coefficient (Wildman–Crippen LogP) is 2.65. The number of anilines is 1. The van der Waals surface area contributed by atoms with Crippen molar-refractivity contribution in [2.24, 2.45) is 5.92 Å². The Balaban J connectivity index is 1.64. The van der Waals surface area contributed by atoms with Gasteiger partial charge in [-0.15, -0.1) is 0 Å². The van der Waals surface area contributed by atoms with Gasteiger partial charge in [0.15, 0.2) is 0 Å². The lowest BCUT2D eigenvalue weighted by molar-refractivity contribution is -0.144. The van der Waals surface area contributed by atoms with E-state index in [-0.39, 0.29) is 11.7 Å². The van der Waals surface area contributed by atoms with Gasteiger partial charge in [0.25, 0.3) is 5.91 Å². The average molecular weight is 514 g/mol. The highest BCUT2D eigenvalue weighted by Crippen LogP contribution is 2.33. The number of rotatable bonds is 8. The SMILES string of the molecule is C=C(C)OC(=O)N[C@H](C(=O)N1CCC[C@H]1C(=O)NC1(C(=O)NC(=O)Nc2ccccc2)CCC1)C(C)C. The molecule has 1 aliphatic carbocycles. The summed E-state index contributed by atoms with van der Waals surface area (Å²) in [5.74, 6) is -1.54. The van der Waals surface area contributed by atoms with Crippen LogP contribution >= 0.6 is 0 Å². The van der Waals surface area contributed by atoms with Crippen molar-refractivity contribution in [2.45, 2.75) is 70.5 Å². The maximum atomic E-state index is 13.3. The van der Waals surface area contributed by atoms with Crippen LogP contribution < -0.4 is 21.3 Å². The lowest BCUT2D eigenvalue weighted by atomic mass is 9.75. The topological polar surface area (TPSA) is 146 Å². The molecule has 2 atom stereocenters. The van der Waals surface area contributed by atoms with Crippen molar-refractivity contribution in [1.82, 2.24) is 20.9 Å². The van der Waals surface area contributed by atoms with Crippen molar-refractivity contribution in [3.05, 3.63) is 42.7 Å². The fourth-order valence-corrected chi connectivity index (χ4v) is 4.47. The number of urea groups is 1. The van der Waals surface area contributed by atoms with Crippen molar-refractivity contribution in [2.75, 3.05) is 11.9 Å². The third-order valence-electron chi connectivity index (χ3n) is 6.57. The summed E-state index contributed by atoms with van der Waals surface area (Å²) in [6.07, 6.45) is 1.71. The second kappa shape index (κ2) is 11.9. The highest BCUT2D eigenvalue weighted by atomic mass is 16.6. The minimum Gasteiger partial charge on any atom is -0.416 e. The quantitative estimate of drug-likeness (QED) is 0.393. The molecular formula is C26H35N5O6. The normalized spacial score (nSPS) is 18.7. The van der Waals surface area contributed by atoms with Crippen LogP contribution in [-0.2, 0) is 19.1 Å². The number of benzene rings is 1. The van der Waals surface area contributed by atoms with Crippen LogP contribution in [0, 0.1) is 5.92 Å². The molecule has 1 aromatic carbocycles. The van der Waals surface area contributed by atoms with Gasteiger partial charge in [-0.05, 0) is 57.1 Å². The number of nitrogens with zero attached hydrogens (tertiary/aromatic N) is 1. The van der Waals surface area contributed by atoms with E-state index in [1.165, 1.54) is 11.8 Å². The molecule has 1 aromatic rings. The van der Waals surface area contributed by atoms with Crippen LogP contribution in [0.15, 0.2) is 42.7 Å². The Hall–Kier alpha value is -3.89. The van der Waals surface area contributed by atoms with Crippen LogP contribution in [0.4, 0.5) is 15.3 Å². The van der Waals surface area contributed by atoms with Gasteiger partial charge in [0, 0.05) is 12.2 Å². The molecule has 4 N–H and O–H groups in total. The molecule has 6 amide bonds. The number of imide groups is 1. The molecule has 0 radical (unpaired) electrons. The molecule has 1 saturated carbocycles. The summed E-state index contributed by atoms with van der Waals surface area (Å²) in [4.78, 5) is 65.5. The van der Waals surface area contributed by atoms with Gasteiger partial charge >= 0.3 is 12.1 Å². The molecule has 11 heteroatoms. The van der Waals surface area contributed by atoms with E-state index in [0.717, 1.165) is 0 Å². The molecule has 0 unspecified atom stereocenters. The van der Waals surface area contributed by atoms with Gasteiger partial charge < -0.3 is 25.6 Å². The third-order valence-corrected chi connectivity index (χ3v) is 6.57. The number of amides is 6. The number of alkyl carbamates (subject to hydrolysis) is 1. The second-order valence-corrected chi connectivity index (χ2v) is 9.85. The van der Waals surface area contributed by atoms with E-state index in [9.17, 15) is 24.0 Å². The average Bonchev–Trinajstić information content (AvgIpc) is 3.29. The van der Waals surface area contributed by atoms with E-state index in [4.69, 9.17) is 4.74 Å². The number of hydrogen-bond acceptors (Lipinski definition) is 6. The molecule has 1 aliphatic heterocycles. The first kappa shape index (κ1) is 27.7. The zero-order valence-electron chi connectivity index (χ0n) is 21.5. The molecule has 2 aliphatic rings. The molecule has 11 nitrogen and oxygen atoms in total. The number of hydrogen-bond donors (Lipinski definition) is 4. The van der Waals surface area contributed by atoms with Crippen molar-refractivity contribution < 1.29 is 28.7 Å². The second-order valence-electron chi connectivity index (χ2n) is 9.85. The predicted molar refractivity (Wildman–Crippen MR) is 136 cm³/mol. The van der Waals surface area contributed by atoms with Crippen molar-refractivity contribution >= 4 is 35.5 Å². The third kappa shape index (κ3) is 6.87. The first-order valence-electron chi connectivity index (χ1n) is 12.5. The van der Waals surface area contributed by atoms with Crippen molar-refractivity contribution in [3.8, 4) is 0 Å². The highest BCUT2D eigenvalue weighted by Gasteiger charge is 2.48. The molecule has 0 bridgehead atoms. The van der Waals surface area contributed by atoms with E-state index >= 15 is 0 Å². The molecule has 200 valence electrons. The van der Waals surface area contributed by atoms with Crippen LogP contribution in [-0.4, -0.2) is 58.9 Å². The van der Waals surface area contributed by atoms with E-state index in [1.54, 1.807) is 44.2 Å². The Morgan fingerprint density at radius 1 is 1.08 bits per heavy atom. The lowest BCUT2D eigenvalue weighted by Gasteiger charge is -2.41. The zero-order valence-corrected chi connectivity index (χ0v) is 21.5. The maximum Gasteiger partial charge on any atom is 0.412 e. The van der Waals surface area contributed by atoms with Gasteiger partial charge in [-0.1, -0.05) is 38.6 Å². The van der Waals surface area contributed by atoms with Gasteiger partial charge in [0.2, 0.25) is 11.8 Å². The summed E-state index contributed by atoms with van der Waals surface area (Å²) in [7, 11) is 0. The number of nitrogens with one attached hydrogen (secondary N) is 4. The summed E-state index contributed by atoms with van der Waals surface area (Å²) >= 11 is 0. The number of para-hydroxylation sites is 1. The highest BCUT2D eigenvalue weighted by molar-refractivity contribution is 6.06. The maximum absolute atomic E-state index is 13.3. The molecule has 2 fully saturated rings. The first-order chi connectivity index (χ1) is 17.5. The van der Waals surface area contributed by atoms with Crippen molar-refractivity contribution in [3.63, 3.8) is 0 Å². The van der Waals surface area contributed by atoms with Crippen LogP contribution in [0.1, 0.15) is 52.9 Å². The minimum absolute atomic E-state index is 0.187. The van der Waals surface area contributed by atoms with Gasteiger partial charge in [-0.3, -0.25) is 19.7 Å². The number of ether oxygens (including phenoxy) is 1. The molecule has 1 saturated heterocycles. The van der Waals surface area contributed by atoms with Gasteiger partial charge in [0.05, 0.1) is 5.76 Å². The molecule has 0 aromatic heterocycles. The fraction of sp³-hybridized carbons (Fsp3) is 0.500. The molecular weight excluding hydrogens is 478 g/mol. The molecule has 3 rings (SSSR count). The summed E-state index contributed by atoms with van der Waals surface area (Å²) in [5.41, 5.74) is -0.691. The Kier molecular flexibility index (Phi) is 8.90. The summed E-state index contributed by atoms with van der Waals surface area (Å²) in [6.45, 7) is 8.94. The van der Waals surface area contributed by atoms with E-state index in [0.29, 0.717) is 44.3 Å². The van der Waals surface area contributed by atoms with Gasteiger partial charge in [-0.2, -0.15) is 0 Å². The number of carbonyl (C=O) groups is 5. The smallest absolute Gasteiger partial charge is 0.412 e. The minimum atomic E-state index is -1.22. The summed E-state index contributed by atoms with van der Waals surface area (Å²) in [6, 6.07) is 6.30. The Morgan fingerprint density at radius 3 is 2.32 bits per heavy atom.